The van der Waals surface area contributed by atoms with Gasteiger partial charge >= 0.3 is 5.97 Å². The third-order valence-electron chi connectivity index (χ3n) is 13.0. The largest absolute Gasteiger partial charge is 0.457 e. The molecule has 3 fully saturated rings. The van der Waals surface area contributed by atoms with Crippen LogP contribution in [-0.2, 0) is 33.2 Å². The van der Waals surface area contributed by atoms with Crippen molar-refractivity contribution in [1.82, 2.24) is 15.5 Å². The van der Waals surface area contributed by atoms with Crippen molar-refractivity contribution < 1.29 is 58.7 Å². The predicted molar refractivity (Wildman–Crippen MR) is 212 cm³/mol. The maximum absolute atomic E-state index is 14.5. The van der Waals surface area contributed by atoms with Gasteiger partial charge in [-0.1, -0.05) is 27.7 Å². The van der Waals surface area contributed by atoms with E-state index in [-0.39, 0.29) is 43.9 Å². The molecule has 0 aromatic heterocycles. The van der Waals surface area contributed by atoms with Gasteiger partial charge in [0.2, 0.25) is 0 Å². The number of nitrogens with zero attached hydrogens (tertiary/aromatic N) is 1. The summed E-state index contributed by atoms with van der Waals surface area (Å²) < 4.78 is 38.4. The van der Waals surface area contributed by atoms with Crippen LogP contribution in [0.5, 0.6) is 0 Å². The highest BCUT2D eigenvalue weighted by Gasteiger charge is 2.58. The van der Waals surface area contributed by atoms with E-state index >= 15 is 0 Å². The molecule has 15 heteroatoms. The number of ether oxygens (including phenoxy) is 6. The molecule has 0 spiro atoms. The van der Waals surface area contributed by atoms with Crippen molar-refractivity contribution in [3.8, 4) is 0 Å². The van der Waals surface area contributed by atoms with E-state index < -0.39 is 95.5 Å². The summed E-state index contributed by atoms with van der Waals surface area (Å²) in [6, 6.07) is -0.875. The minimum Gasteiger partial charge on any atom is -0.457 e. The summed E-state index contributed by atoms with van der Waals surface area (Å²) in [5, 5.41) is 65.4. The van der Waals surface area contributed by atoms with Crippen LogP contribution >= 0.6 is 0 Å². The molecule has 0 aromatic rings. The Kier molecular flexibility index (Phi) is 17.6. The number of carbonyl (C=O) groups excluding carboxylic acids is 1. The smallest absolute Gasteiger partial charge is 0.311 e. The van der Waals surface area contributed by atoms with E-state index in [1.54, 1.807) is 34.6 Å². The Bertz CT molecular complexity index is 1230. The summed E-state index contributed by atoms with van der Waals surface area (Å²) in [6.45, 7) is 20.9. The van der Waals surface area contributed by atoms with Gasteiger partial charge < -0.3 is 69.5 Å². The van der Waals surface area contributed by atoms with Crippen LogP contribution in [0.25, 0.3) is 0 Å². The molecule has 7 N–H and O–H groups in total. The molecule has 3 rings (SSSR count). The lowest BCUT2D eigenvalue weighted by molar-refractivity contribution is -0.336. The fraction of sp³-hybridized carbons (Fsp3) is 0.976. The fourth-order valence-corrected chi connectivity index (χ4v) is 9.21. The summed E-state index contributed by atoms with van der Waals surface area (Å²) >= 11 is 0. The van der Waals surface area contributed by atoms with Gasteiger partial charge in [0.25, 0.3) is 0 Å². The minimum absolute atomic E-state index is 0.0928. The van der Waals surface area contributed by atoms with Crippen LogP contribution in [0.1, 0.15) is 108 Å². The zero-order valence-corrected chi connectivity index (χ0v) is 36.8. The number of nitrogens with one attached hydrogen (secondary N) is 2. The zero-order valence-electron chi connectivity index (χ0n) is 36.8. The van der Waals surface area contributed by atoms with Gasteiger partial charge in [0.05, 0.1) is 42.0 Å². The second kappa shape index (κ2) is 20.0. The minimum atomic E-state index is -1.81. The van der Waals surface area contributed by atoms with Crippen LogP contribution in [0.2, 0.25) is 0 Å². The number of methoxy groups -OCH3 is 1. The van der Waals surface area contributed by atoms with Crippen LogP contribution in [0, 0.1) is 17.8 Å². The Morgan fingerprint density at radius 1 is 1.05 bits per heavy atom. The average Bonchev–Trinajstić information content (AvgIpc) is 3.12. The van der Waals surface area contributed by atoms with Crippen LogP contribution < -0.4 is 10.6 Å². The molecule has 3 heterocycles. The first-order chi connectivity index (χ1) is 25.9. The van der Waals surface area contributed by atoms with Crippen molar-refractivity contribution in [2.75, 3.05) is 40.8 Å². The number of rotatable bonds is 13. The first kappa shape index (κ1) is 49.3. The lowest BCUT2D eigenvalue weighted by Gasteiger charge is -2.53. The lowest BCUT2D eigenvalue weighted by atomic mass is 9.75. The van der Waals surface area contributed by atoms with E-state index in [4.69, 9.17) is 28.4 Å². The standard InChI is InChI=1S/C41H79N3O12/c1-15-17-42-22-41(50)28(8)53-31(20-39(41,10)51-14)54-33-25(5)34(56-37-32(46)29(44(12)13)18-24(4)52-37)38(9,48)19-23(3)21-43-27(7)35(55-36(47)26(33)6)40(11,49)30(45)16-2/h23-35,37,42-43,45-46,48-50H,15-22H2,1-14H3/t23-,24-,25+,26-,27-,28+,29+,30-,31+,32-,33+,34-,35-,37+,38-,39-,40+,41+/m1/s1. The first-order valence-corrected chi connectivity index (χ1v) is 20.9. The van der Waals surface area contributed by atoms with Crippen LogP contribution in [0.3, 0.4) is 0 Å². The number of aliphatic hydroxyl groups excluding tert-OH is 2. The maximum atomic E-state index is 14.5. The maximum Gasteiger partial charge on any atom is 0.311 e. The highest BCUT2D eigenvalue weighted by Crippen LogP contribution is 2.43. The summed E-state index contributed by atoms with van der Waals surface area (Å²) in [5.74, 6) is -2.67. The highest BCUT2D eigenvalue weighted by atomic mass is 16.7. The summed E-state index contributed by atoms with van der Waals surface area (Å²) in [5.41, 5.74) is -5.93. The molecule has 3 aliphatic heterocycles. The van der Waals surface area contributed by atoms with Gasteiger partial charge in [0.15, 0.2) is 12.6 Å². The number of cyclic esters (lactones) is 1. The molecular formula is C41H79N3O12. The summed E-state index contributed by atoms with van der Waals surface area (Å²) in [4.78, 5) is 16.4. The van der Waals surface area contributed by atoms with Crippen molar-refractivity contribution in [2.24, 2.45) is 17.8 Å². The third-order valence-corrected chi connectivity index (χ3v) is 13.0. The van der Waals surface area contributed by atoms with Gasteiger partial charge in [-0.25, -0.2) is 0 Å². The molecule has 15 nitrogen and oxygen atoms in total. The molecular weight excluding hydrogens is 726 g/mol. The van der Waals surface area contributed by atoms with Gasteiger partial charge in [-0.05, 0) is 107 Å². The Balaban J connectivity index is 2.16. The molecule has 0 saturated carbocycles. The number of hydrogen-bond acceptors (Lipinski definition) is 15. The Hall–Kier alpha value is -1.05. The molecule has 18 atom stereocenters. The molecule has 0 radical (unpaired) electrons. The van der Waals surface area contributed by atoms with E-state index in [0.717, 1.165) is 6.42 Å². The molecule has 0 unspecified atom stereocenters. The molecule has 0 aliphatic carbocycles. The van der Waals surface area contributed by atoms with Crippen molar-refractivity contribution >= 4 is 5.97 Å². The first-order valence-electron chi connectivity index (χ1n) is 20.9. The zero-order chi connectivity index (χ0) is 42.6. The van der Waals surface area contributed by atoms with Crippen LogP contribution in [0.15, 0.2) is 0 Å². The quantitative estimate of drug-likeness (QED) is 0.105. The Morgan fingerprint density at radius 3 is 2.27 bits per heavy atom. The van der Waals surface area contributed by atoms with Gasteiger partial charge in [-0.3, -0.25) is 4.79 Å². The fourth-order valence-electron chi connectivity index (χ4n) is 9.21. The van der Waals surface area contributed by atoms with Crippen molar-refractivity contribution in [3.63, 3.8) is 0 Å². The molecule has 3 saturated heterocycles. The Morgan fingerprint density at radius 2 is 1.70 bits per heavy atom. The lowest BCUT2D eigenvalue weighted by Crippen LogP contribution is -2.70. The van der Waals surface area contributed by atoms with Crippen molar-refractivity contribution in [3.05, 3.63) is 0 Å². The van der Waals surface area contributed by atoms with E-state index in [1.807, 2.05) is 53.6 Å². The number of carbonyl (C=O) groups is 1. The summed E-state index contributed by atoms with van der Waals surface area (Å²) in [6.07, 6.45) is -6.62. The SMILES string of the molecule is CCCNC[C@]1(O)[C@H](C)O[C@@H](O[C@H]2[C@H](C)[C@@H](O[C@@H]3O[C@H](C)C[C@H](N(C)C)[C@H]3O)[C@](C)(O)C[C@@H](C)CN[C@H](C)[C@H]([C@@](C)(O)[C@H](O)CC)OC(=O)[C@@H]2C)C[C@@]1(C)OC. The van der Waals surface area contributed by atoms with E-state index in [9.17, 15) is 30.3 Å². The molecule has 0 bridgehead atoms. The topological polar surface area (TPSA) is 201 Å². The average molecular weight is 806 g/mol. The monoisotopic (exact) mass is 806 g/mol. The van der Waals surface area contributed by atoms with Gasteiger partial charge in [0.1, 0.15) is 29.0 Å². The van der Waals surface area contributed by atoms with E-state index in [2.05, 4.69) is 10.6 Å². The Labute approximate surface area is 336 Å². The number of esters is 1. The summed E-state index contributed by atoms with van der Waals surface area (Å²) in [7, 11) is 5.31. The number of aliphatic hydroxyl groups is 5. The molecule has 330 valence electrons. The molecule has 56 heavy (non-hydrogen) atoms. The molecule has 0 amide bonds. The number of hydrogen-bond donors (Lipinski definition) is 7. The highest BCUT2D eigenvalue weighted by molar-refractivity contribution is 5.73. The molecule has 3 aliphatic rings. The normalized spacial score (nSPS) is 45.2. The predicted octanol–water partition coefficient (Wildman–Crippen LogP) is 1.93. The molecule has 0 aromatic carbocycles. The van der Waals surface area contributed by atoms with Gasteiger partial charge in [-0.15, -0.1) is 0 Å². The van der Waals surface area contributed by atoms with E-state index in [0.29, 0.717) is 19.5 Å². The third kappa shape index (κ3) is 11.0. The van der Waals surface area contributed by atoms with Gasteiger partial charge in [-0.2, -0.15) is 0 Å². The number of likely N-dealkylation sites (N-methyl/N-ethyl adjacent to an activating group) is 1. The second-order valence-corrected chi connectivity index (χ2v) is 18.2. The van der Waals surface area contributed by atoms with Crippen molar-refractivity contribution in [1.29, 1.82) is 0 Å². The van der Waals surface area contributed by atoms with Gasteiger partial charge in [0, 0.05) is 38.1 Å². The van der Waals surface area contributed by atoms with Crippen molar-refractivity contribution in [2.45, 2.75) is 198 Å². The second-order valence-electron chi connectivity index (χ2n) is 18.2. The van der Waals surface area contributed by atoms with Crippen LogP contribution in [-0.4, -0.2) is 167 Å². The van der Waals surface area contributed by atoms with Crippen LogP contribution in [0.4, 0.5) is 0 Å². The van der Waals surface area contributed by atoms with E-state index in [1.165, 1.54) is 14.0 Å².